The summed E-state index contributed by atoms with van der Waals surface area (Å²) in [5.74, 6) is -2.36. The Bertz CT molecular complexity index is 1640. The number of methoxy groups -OCH3 is 1. The maximum Gasteiger partial charge on any atom is 0.407 e. The molecular weight excluding hydrogens is 647 g/mol. The molecule has 1 saturated heterocycles. The number of amides is 4. The first-order valence-corrected chi connectivity index (χ1v) is 17.9. The number of carbonyl (C=O) groups is 4. The van der Waals surface area contributed by atoms with Crippen molar-refractivity contribution < 1.29 is 37.1 Å². The summed E-state index contributed by atoms with van der Waals surface area (Å²) < 4.78 is 38.1. The summed E-state index contributed by atoms with van der Waals surface area (Å²) in [7, 11) is -2.67. The molecular formula is C32H41N5O8S2. The van der Waals surface area contributed by atoms with Crippen LogP contribution >= 0.6 is 11.3 Å². The second-order valence-electron chi connectivity index (χ2n) is 13.4. The third-order valence-corrected chi connectivity index (χ3v) is 11.5. The first kappa shape index (κ1) is 34.4. The van der Waals surface area contributed by atoms with Crippen LogP contribution in [0.3, 0.4) is 0 Å². The number of hydrogen-bond acceptors (Lipinski definition) is 10. The SMILES string of the molecule is C=CC1CC1(NC(=O)C1CC(COc2cccc(-c3cccs3)n2)CN1C(=O)C(NC(=O)OC)C(C)(C)C)C(=O)NS(=O)(=O)C1CC1. The Morgan fingerprint density at radius 2 is 1.94 bits per heavy atom. The van der Waals surface area contributed by atoms with Crippen LogP contribution in [-0.4, -0.2) is 85.3 Å². The number of hydrogen-bond donors (Lipinski definition) is 3. The molecule has 5 unspecified atom stereocenters. The molecule has 4 amide bonds. The number of likely N-dealkylation sites (tertiary alicyclic amines) is 1. The average molecular weight is 688 g/mol. The van der Waals surface area contributed by atoms with E-state index in [2.05, 4.69) is 26.9 Å². The van der Waals surface area contributed by atoms with E-state index in [9.17, 15) is 27.6 Å². The molecule has 15 heteroatoms. The van der Waals surface area contributed by atoms with E-state index in [0.29, 0.717) is 18.7 Å². The minimum absolute atomic E-state index is 0.122. The van der Waals surface area contributed by atoms with Crippen molar-refractivity contribution in [2.45, 2.75) is 69.3 Å². The second-order valence-corrected chi connectivity index (χ2v) is 16.3. The first-order chi connectivity index (χ1) is 22.2. The predicted molar refractivity (Wildman–Crippen MR) is 175 cm³/mol. The number of carbonyl (C=O) groups excluding carboxylic acids is 4. The smallest absolute Gasteiger partial charge is 0.407 e. The summed E-state index contributed by atoms with van der Waals surface area (Å²) in [6.45, 7) is 9.35. The van der Waals surface area contributed by atoms with Gasteiger partial charge in [0.25, 0.3) is 5.91 Å². The fourth-order valence-electron chi connectivity index (χ4n) is 5.81. The molecule has 2 saturated carbocycles. The molecule has 254 valence electrons. The van der Waals surface area contributed by atoms with Gasteiger partial charge in [-0.2, -0.15) is 0 Å². The van der Waals surface area contributed by atoms with Crippen LogP contribution in [0.25, 0.3) is 10.6 Å². The van der Waals surface area contributed by atoms with E-state index in [0.717, 1.165) is 10.6 Å². The minimum atomic E-state index is -3.87. The summed E-state index contributed by atoms with van der Waals surface area (Å²) >= 11 is 1.55. The molecule has 0 bridgehead atoms. The van der Waals surface area contributed by atoms with Gasteiger partial charge < -0.3 is 25.0 Å². The van der Waals surface area contributed by atoms with E-state index >= 15 is 0 Å². The molecule has 3 fully saturated rings. The van der Waals surface area contributed by atoms with Gasteiger partial charge in [-0.25, -0.2) is 18.2 Å². The van der Waals surface area contributed by atoms with Crippen LogP contribution in [0.5, 0.6) is 5.88 Å². The van der Waals surface area contributed by atoms with E-state index in [1.165, 1.54) is 18.1 Å². The Morgan fingerprint density at radius 1 is 1.19 bits per heavy atom. The van der Waals surface area contributed by atoms with Gasteiger partial charge in [0.2, 0.25) is 27.7 Å². The Labute approximate surface area is 278 Å². The third kappa shape index (κ3) is 7.61. The molecule has 47 heavy (non-hydrogen) atoms. The highest BCUT2D eigenvalue weighted by Gasteiger charge is 2.62. The molecule has 2 aliphatic carbocycles. The Morgan fingerprint density at radius 3 is 2.53 bits per heavy atom. The van der Waals surface area contributed by atoms with Crippen molar-refractivity contribution in [2.24, 2.45) is 17.3 Å². The van der Waals surface area contributed by atoms with Crippen LogP contribution < -0.4 is 20.1 Å². The maximum atomic E-state index is 14.1. The van der Waals surface area contributed by atoms with Crippen LogP contribution in [0, 0.1) is 17.3 Å². The quantitative estimate of drug-likeness (QED) is 0.284. The fraction of sp³-hybridized carbons (Fsp3) is 0.531. The summed E-state index contributed by atoms with van der Waals surface area (Å²) in [5, 5.41) is 6.72. The van der Waals surface area contributed by atoms with Gasteiger partial charge in [0, 0.05) is 24.4 Å². The number of nitrogens with zero attached hydrogens (tertiary/aromatic N) is 2. The zero-order chi connectivity index (χ0) is 34.1. The molecule has 13 nitrogen and oxygen atoms in total. The zero-order valence-electron chi connectivity index (χ0n) is 26.9. The van der Waals surface area contributed by atoms with Gasteiger partial charge in [-0.15, -0.1) is 17.9 Å². The highest BCUT2D eigenvalue weighted by Crippen LogP contribution is 2.45. The van der Waals surface area contributed by atoms with Gasteiger partial charge in [-0.1, -0.05) is 39.0 Å². The van der Waals surface area contributed by atoms with Gasteiger partial charge >= 0.3 is 6.09 Å². The lowest BCUT2D eigenvalue weighted by atomic mass is 9.85. The summed E-state index contributed by atoms with van der Waals surface area (Å²) in [6, 6.07) is 7.26. The van der Waals surface area contributed by atoms with Crippen molar-refractivity contribution >= 4 is 45.2 Å². The molecule has 5 atom stereocenters. The van der Waals surface area contributed by atoms with E-state index in [-0.39, 0.29) is 31.9 Å². The normalized spacial score (nSPS) is 24.5. The molecule has 0 spiro atoms. The second kappa shape index (κ2) is 13.3. The number of aromatic nitrogens is 1. The predicted octanol–water partition coefficient (Wildman–Crippen LogP) is 2.85. The van der Waals surface area contributed by atoms with Gasteiger partial charge in [0.1, 0.15) is 17.6 Å². The lowest BCUT2D eigenvalue weighted by molar-refractivity contribution is -0.142. The highest BCUT2D eigenvalue weighted by molar-refractivity contribution is 7.91. The third-order valence-electron chi connectivity index (χ3n) is 8.75. The van der Waals surface area contributed by atoms with Crippen molar-refractivity contribution in [1.29, 1.82) is 0 Å². The average Bonchev–Trinajstić information content (AvgIpc) is 3.89. The summed E-state index contributed by atoms with van der Waals surface area (Å²) in [5.41, 5.74) is -1.51. The van der Waals surface area contributed by atoms with Crippen LogP contribution in [-0.2, 0) is 29.1 Å². The Hall–Kier alpha value is -3.98. The molecule has 3 N–H and O–H groups in total. The molecule has 2 aromatic rings. The van der Waals surface area contributed by atoms with E-state index in [4.69, 9.17) is 9.47 Å². The van der Waals surface area contributed by atoms with Gasteiger partial charge in [-0.05, 0) is 48.6 Å². The van der Waals surface area contributed by atoms with Crippen LogP contribution in [0.1, 0.15) is 46.5 Å². The van der Waals surface area contributed by atoms with Crippen LogP contribution in [0.15, 0.2) is 48.4 Å². The number of sulfonamides is 1. The molecule has 3 heterocycles. The number of nitrogens with one attached hydrogen (secondary N) is 3. The monoisotopic (exact) mass is 687 g/mol. The van der Waals surface area contributed by atoms with Gasteiger partial charge in [0.15, 0.2) is 0 Å². The highest BCUT2D eigenvalue weighted by atomic mass is 32.2. The van der Waals surface area contributed by atoms with Gasteiger partial charge in [0.05, 0.1) is 29.5 Å². The van der Waals surface area contributed by atoms with Crippen molar-refractivity contribution in [1.82, 2.24) is 25.2 Å². The largest absolute Gasteiger partial charge is 0.477 e. The van der Waals surface area contributed by atoms with Crippen LogP contribution in [0.2, 0.25) is 0 Å². The molecule has 1 aliphatic heterocycles. The van der Waals surface area contributed by atoms with Crippen molar-refractivity contribution in [3.05, 3.63) is 48.4 Å². The number of pyridine rings is 1. The molecule has 0 aromatic carbocycles. The van der Waals surface area contributed by atoms with Crippen molar-refractivity contribution in [3.63, 3.8) is 0 Å². The number of thiophene rings is 1. The fourth-order valence-corrected chi connectivity index (χ4v) is 7.87. The number of alkyl carbamates (subject to hydrolysis) is 1. The molecule has 3 aliphatic rings. The van der Waals surface area contributed by atoms with Crippen LogP contribution in [0.4, 0.5) is 4.79 Å². The van der Waals surface area contributed by atoms with Crippen molar-refractivity contribution in [2.75, 3.05) is 20.3 Å². The number of rotatable bonds is 12. The maximum absolute atomic E-state index is 14.1. The van der Waals surface area contributed by atoms with Crippen molar-refractivity contribution in [3.8, 4) is 16.5 Å². The lowest BCUT2D eigenvalue weighted by Crippen LogP contribution is -2.60. The Balaban J connectivity index is 1.36. The van der Waals surface area contributed by atoms with E-state index < -0.39 is 68.0 Å². The van der Waals surface area contributed by atoms with E-state index in [1.807, 2.05) is 29.6 Å². The molecule has 0 radical (unpaired) electrons. The summed E-state index contributed by atoms with van der Waals surface area (Å²) in [4.78, 5) is 60.6. The number of ether oxygens (including phenoxy) is 2. The first-order valence-electron chi connectivity index (χ1n) is 15.5. The molecule has 5 rings (SSSR count). The van der Waals surface area contributed by atoms with E-state index in [1.54, 1.807) is 38.2 Å². The van der Waals surface area contributed by atoms with Gasteiger partial charge in [-0.3, -0.25) is 19.1 Å². The Kier molecular flexibility index (Phi) is 9.69. The summed E-state index contributed by atoms with van der Waals surface area (Å²) in [6.07, 6.45) is 2.01. The topological polar surface area (TPSA) is 173 Å². The minimum Gasteiger partial charge on any atom is -0.477 e. The lowest BCUT2D eigenvalue weighted by Gasteiger charge is -2.35. The standard InChI is InChI=1S/C32H41N5O8S2/c1-6-20-16-32(20,29(40)36-47(42,43)21-12-13-21)35-27(38)23-15-19(17-37(23)28(39)26(31(2,3)4)34-30(41)44-5)18-45-25-11-7-9-22(33-25)24-10-8-14-46-24/h6-11,14,19-21,23,26H,1,12-13,15-18H2,2-5H3,(H,34,41)(H,35,38)(H,36,40). The molecule has 2 aromatic heterocycles. The zero-order valence-corrected chi connectivity index (χ0v) is 28.5.